The van der Waals surface area contributed by atoms with Gasteiger partial charge in [0.1, 0.15) is 18.1 Å². The molecule has 29 heavy (non-hydrogen) atoms. The molecule has 1 saturated carbocycles. The van der Waals surface area contributed by atoms with E-state index in [0.29, 0.717) is 22.9 Å². The second-order valence-corrected chi connectivity index (χ2v) is 7.40. The fraction of sp³-hybridized carbons (Fsp3) is 0.409. The van der Waals surface area contributed by atoms with Crippen LogP contribution in [0.15, 0.2) is 36.4 Å². The van der Waals surface area contributed by atoms with E-state index in [2.05, 4.69) is 22.5 Å². The van der Waals surface area contributed by atoms with Gasteiger partial charge in [-0.1, -0.05) is 26.0 Å². The summed E-state index contributed by atoms with van der Waals surface area (Å²) in [6.07, 6.45) is 0.975. The lowest BCUT2D eigenvalue weighted by Gasteiger charge is -2.16. The Balaban J connectivity index is 1.91. The third-order valence-corrected chi connectivity index (χ3v) is 5.15. The molecule has 0 spiro atoms. The van der Waals surface area contributed by atoms with E-state index >= 15 is 0 Å². The van der Waals surface area contributed by atoms with Crippen LogP contribution >= 0.6 is 0 Å². The van der Waals surface area contributed by atoms with E-state index in [0.717, 1.165) is 12.0 Å². The summed E-state index contributed by atoms with van der Waals surface area (Å²) in [5.74, 6) is 0.433. The van der Waals surface area contributed by atoms with Gasteiger partial charge < -0.3 is 20.5 Å². The molecule has 7 nitrogen and oxygen atoms in total. The van der Waals surface area contributed by atoms with Crippen LogP contribution in [0, 0.1) is 5.92 Å². The molecule has 3 N–H and O–H groups in total. The number of amides is 2. The molecule has 1 aromatic carbocycles. The smallest absolute Gasteiger partial charge is 0.269 e. The molecule has 1 aromatic heterocycles. The minimum absolute atomic E-state index is 0.0619. The van der Waals surface area contributed by atoms with Gasteiger partial charge in [-0.2, -0.15) is 0 Å². The first-order valence-electron chi connectivity index (χ1n) is 9.81. The van der Waals surface area contributed by atoms with Gasteiger partial charge in [0.15, 0.2) is 0 Å². The summed E-state index contributed by atoms with van der Waals surface area (Å²) in [7, 11) is 1.54. The highest BCUT2D eigenvalue weighted by Gasteiger charge is 2.34. The predicted octanol–water partition coefficient (Wildman–Crippen LogP) is 2.10. The van der Waals surface area contributed by atoms with Crippen LogP contribution in [0.25, 0.3) is 0 Å². The minimum atomic E-state index is -0.340. The van der Waals surface area contributed by atoms with Crippen LogP contribution in [0.3, 0.4) is 0 Å². The zero-order chi connectivity index (χ0) is 21.0. The topological polar surface area (TPSA) is 101 Å². The first-order chi connectivity index (χ1) is 13.9. The SMILES string of the molecule is CNC(=O)c1cc(C(=O)N[C@H]2C[C@@H]2C)cc([C@H](C)c2cccc(OCCO)c2)n1. The summed E-state index contributed by atoms with van der Waals surface area (Å²) in [5.41, 5.74) is 2.19. The van der Waals surface area contributed by atoms with Crippen LogP contribution < -0.4 is 15.4 Å². The third kappa shape index (κ3) is 5.12. The number of ether oxygens (including phenoxy) is 1. The van der Waals surface area contributed by atoms with Crippen molar-refractivity contribution in [3.05, 3.63) is 58.9 Å². The van der Waals surface area contributed by atoms with E-state index in [9.17, 15) is 9.59 Å². The third-order valence-electron chi connectivity index (χ3n) is 5.15. The van der Waals surface area contributed by atoms with Crippen molar-refractivity contribution in [1.29, 1.82) is 0 Å². The molecule has 0 aliphatic heterocycles. The summed E-state index contributed by atoms with van der Waals surface area (Å²) in [6, 6.07) is 11.0. The predicted molar refractivity (Wildman–Crippen MR) is 109 cm³/mol. The Morgan fingerprint density at radius 3 is 2.69 bits per heavy atom. The number of carbonyl (C=O) groups excluding carboxylic acids is 2. The Bertz CT molecular complexity index is 899. The maximum atomic E-state index is 12.7. The van der Waals surface area contributed by atoms with Gasteiger partial charge in [0.05, 0.1) is 6.61 Å². The molecule has 1 heterocycles. The standard InChI is InChI=1S/C22H27N3O4/c1-13-9-18(13)25-21(27)16-11-19(24-20(12-16)22(28)23-3)14(2)15-5-4-6-17(10-15)29-8-7-26/h4-6,10-14,18,26H,7-9H2,1-3H3,(H,23,28)(H,25,27)/t13-,14+,18-/m0/s1. The van der Waals surface area contributed by atoms with Crippen LogP contribution in [-0.4, -0.2) is 48.2 Å². The van der Waals surface area contributed by atoms with Gasteiger partial charge in [-0.25, -0.2) is 4.98 Å². The van der Waals surface area contributed by atoms with Crippen molar-refractivity contribution in [3.8, 4) is 5.75 Å². The first kappa shape index (κ1) is 20.8. The number of aliphatic hydroxyl groups excluding tert-OH is 1. The summed E-state index contributed by atoms with van der Waals surface area (Å²) in [5, 5.41) is 14.5. The molecule has 2 aromatic rings. The molecule has 0 unspecified atom stereocenters. The molecule has 1 aliphatic rings. The Labute approximate surface area is 170 Å². The normalized spacial score (nSPS) is 18.6. The lowest BCUT2D eigenvalue weighted by atomic mass is 9.95. The Morgan fingerprint density at radius 2 is 2.03 bits per heavy atom. The minimum Gasteiger partial charge on any atom is -0.491 e. The van der Waals surface area contributed by atoms with Crippen LogP contribution in [0.1, 0.15) is 58.3 Å². The van der Waals surface area contributed by atoms with E-state index in [1.165, 1.54) is 13.1 Å². The van der Waals surface area contributed by atoms with Gasteiger partial charge in [-0.15, -0.1) is 0 Å². The van der Waals surface area contributed by atoms with E-state index < -0.39 is 0 Å². The number of pyridine rings is 1. The quantitative estimate of drug-likeness (QED) is 0.633. The number of aromatic nitrogens is 1. The number of aliphatic hydroxyl groups is 1. The number of rotatable bonds is 8. The van der Waals surface area contributed by atoms with E-state index in [-0.39, 0.29) is 42.7 Å². The molecule has 3 atom stereocenters. The van der Waals surface area contributed by atoms with E-state index in [4.69, 9.17) is 9.84 Å². The van der Waals surface area contributed by atoms with Crippen molar-refractivity contribution >= 4 is 11.8 Å². The Hall–Kier alpha value is -2.93. The molecule has 154 valence electrons. The molecule has 1 fully saturated rings. The average Bonchev–Trinajstić information content (AvgIpc) is 3.44. The maximum Gasteiger partial charge on any atom is 0.269 e. The van der Waals surface area contributed by atoms with Gasteiger partial charge in [-0.05, 0) is 42.2 Å². The zero-order valence-electron chi connectivity index (χ0n) is 16.9. The second kappa shape index (κ2) is 9.05. The molecule has 3 rings (SSSR count). The van der Waals surface area contributed by atoms with E-state index in [1.807, 2.05) is 31.2 Å². The largest absolute Gasteiger partial charge is 0.491 e. The highest BCUT2D eigenvalue weighted by Crippen LogP contribution is 2.30. The fourth-order valence-electron chi connectivity index (χ4n) is 3.13. The summed E-state index contributed by atoms with van der Waals surface area (Å²) >= 11 is 0. The number of hydrogen-bond acceptors (Lipinski definition) is 5. The maximum absolute atomic E-state index is 12.7. The average molecular weight is 397 g/mol. The highest BCUT2D eigenvalue weighted by molar-refractivity contribution is 5.98. The van der Waals surface area contributed by atoms with Crippen molar-refractivity contribution in [1.82, 2.24) is 15.6 Å². The Kier molecular flexibility index (Phi) is 6.49. The fourth-order valence-corrected chi connectivity index (χ4v) is 3.13. The first-order valence-corrected chi connectivity index (χ1v) is 9.81. The van der Waals surface area contributed by atoms with Crippen LogP contribution in [-0.2, 0) is 0 Å². The van der Waals surface area contributed by atoms with Crippen molar-refractivity contribution in [3.63, 3.8) is 0 Å². The van der Waals surface area contributed by atoms with Crippen molar-refractivity contribution < 1.29 is 19.4 Å². The second-order valence-electron chi connectivity index (χ2n) is 7.40. The van der Waals surface area contributed by atoms with Gasteiger partial charge in [0.2, 0.25) is 0 Å². The zero-order valence-corrected chi connectivity index (χ0v) is 16.9. The van der Waals surface area contributed by atoms with Gasteiger partial charge >= 0.3 is 0 Å². The summed E-state index contributed by atoms with van der Waals surface area (Å²) < 4.78 is 5.49. The molecule has 0 bridgehead atoms. The summed E-state index contributed by atoms with van der Waals surface area (Å²) in [4.78, 5) is 29.4. The van der Waals surface area contributed by atoms with Crippen LogP contribution in [0.4, 0.5) is 0 Å². The number of nitrogens with zero attached hydrogens (tertiary/aromatic N) is 1. The molecule has 0 radical (unpaired) electrons. The molecule has 7 heteroatoms. The molecular formula is C22H27N3O4. The van der Waals surface area contributed by atoms with Crippen LogP contribution in [0.5, 0.6) is 5.75 Å². The molecular weight excluding hydrogens is 370 g/mol. The lowest BCUT2D eigenvalue weighted by Crippen LogP contribution is -2.28. The van der Waals surface area contributed by atoms with Gasteiger partial charge in [0, 0.05) is 30.3 Å². The number of hydrogen-bond donors (Lipinski definition) is 3. The molecule has 2 amide bonds. The van der Waals surface area contributed by atoms with Crippen molar-refractivity contribution in [2.24, 2.45) is 5.92 Å². The molecule has 1 aliphatic carbocycles. The van der Waals surface area contributed by atoms with Gasteiger partial charge in [-0.3, -0.25) is 9.59 Å². The van der Waals surface area contributed by atoms with Crippen molar-refractivity contribution in [2.75, 3.05) is 20.3 Å². The Morgan fingerprint density at radius 1 is 1.28 bits per heavy atom. The van der Waals surface area contributed by atoms with Crippen LogP contribution in [0.2, 0.25) is 0 Å². The number of benzene rings is 1. The number of nitrogens with one attached hydrogen (secondary N) is 2. The molecule has 0 saturated heterocycles. The van der Waals surface area contributed by atoms with Gasteiger partial charge in [0.25, 0.3) is 11.8 Å². The number of carbonyl (C=O) groups is 2. The summed E-state index contributed by atoms with van der Waals surface area (Å²) in [6.45, 7) is 4.21. The monoisotopic (exact) mass is 397 g/mol. The van der Waals surface area contributed by atoms with E-state index in [1.54, 1.807) is 6.07 Å². The highest BCUT2D eigenvalue weighted by atomic mass is 16.5. The lowest BCUT2D eigenvalue weighted by molar-refractivity contribution is 0.0949. The van der Waals surface area contributed by atoms with Crippen molar-refractivity contribution in [2.45, 2.75) is 32.2 Å².